The van der Waals surface area contributed by atoms with Crippen LogP contribution < -0.4 is 10.1 Å². The molecule has 1 saturated carbocycles. The van der Waals surface area contributed by atoms with Gasteiger partial charge < -0.3 is 10.1 Å². The summed E-state index contributed by atoms with van der Waals surface area (Å²) in [6.07, 6.45) is 2.60. The van der Waals surface area contributed by atoms with Gasteiger partial charge in [0.1, 0.15) is 11.9 Å². The van der Waals surface area contributed by atoms with E-state index in [-0.39, 0.29) is 5.41 Å². The van der Waals surface area contributed by atoms with Crippen LogP contribution in [0.2, 0.25) is 0 Å². The summed E-state index contributed by atoms with van der Waals surface area (Å²) in [6.45, 7) is 12.3. The first-order chi connectivity index (χ1) is 9.51. The fourth-order valence-electron chi connectivity index (χ4n) is 3.15. The molecule has 0 spiro atoms. The average Bonchev–Trinajstić information content (AvgIpc) is 2.45. The van der Waals surface area contributed by atoms with E-state index >= 15 is 0 Å². The van der Waals surface area contributed by atoms with Crippen molar-refractivity contribution in [2.24, 2.45) is 5.41 Å². The first-order valence-corrected chi connectivity index (χ1v) is 8.01. The molecular weight excluding hydrogens is 246 g/mol. The molecule has 2 heteroatoms. The second-order valence-corrected chi connectivity index (χ2v) is 6.54. The maximum absolute atomic E-state index is 6.28. The molecule has 0 saturated heterocycles. The molecule has 1 aromatic rings. The predicted octanol–water partition coefficient (Wildman–Crippen LogP) is 4.36. The van der Waals surface area contributed by atoms with Crippen molar-refractivity contribution in [1.82, 2.24) is 5.32 Å². The smallest absolute Gasteiger partial charge is 0.120 e. The minimum Gasteiger partial charge on any atom is -0.490 e. The van der Waals surface area contributed by atoms with Crippen LogP contribution in [0.25, 0.3) is 0 Å². The lowest BCUT2D eigenvalue weighted by Crippen LogP contribution is -2.63. The zero-order valence-corrected chi connectivity index (χ0v) is 13.6. The van der Waals surface area contributed by atoms with Gasteiger partial charge in [-0.05, 0) is 36.6 Å². The first kappa shape index (κ1) is 15.4. The number of hydrogen-bond acceptors (Lipinski definition) is 2. The molecule has 1 aliphatic carbocycles. The van der Waals surface area contributed by atoms with Crippen molar-refractivity contribution < 1.29 is 4.74 Å². The molecule has 1 N–H and O–H groups in total. The summed E-state index contributed by atoms with van der Waals surface area (Å²) in [4.78, 5) is 0. The standard InChI is InChI=1S/C18H29NO/c1-6-18(5)16(19-7-2)12-17(18)20-15-10-8-9-14(11-15)13(3)4/h8-11,13,16-17,19H,6-7,12H2,1-5H3. The molecule has 20 heavy (non-hydrogen) atoms. The van der Waals surface area contributed by atoms with Crippen LogP contribution in [0, 0.1) is 5.41 Å². The molecule has 1 aliphatic rings. The van der Waals surface area contributed by atoms with Crippen LogP contribution in [0.3, 0.4) is 0 Å². The van der Waals surface area contributed by atoms with E-state index in [0.717, 1.165) is 25.1 Å². The van der Waals surface area contributed by atoms with Gasteiger partial charge in [0, 0.05) is 17.9 Å². The molecule has 112 valence electrons. The second-order valence-electron chi connectivity index (χ2n) is 6.54. The fourth-order valence-corrected chi connectivity index (χ4v) is 3.15. The topological polar surface area (TPSA) is 21.3 Å². The van der Waals surface area contributed by atoms with E-state index in [0.29, 0.717) is 18.1 Å². The fraction of sp³-hybridized carbons (Fsp3) is 0.667. The number of ether oxygens (including phenoxy) is 1. The van der Waals surface area contributed by atoms with Gasteiger partial charge >= 0.3 is 0 Å². The normalized spacial score (nSPS) is 29.3. The van der Waals surface area contributed by atoms with E-state index in [9.17, 15) is 0 Å². The summed E-state index contributed by atoms with van der Waals surface area (Å²) < 4.78 is 6.28. The third kappa shape index (κ3) is 2.85. The molecule has 0 aliphatic heterocycles. The molecule has 1 fully saturated rings. The number of rotatable bonds is 6. The Hall–Kier alpha value is -1.02. The predicted molar refractivity (Wildman–Crippen MR) is 85.4 cm³/mol. The third-order valence-corrected chi connectivity index (χ3v) is 5.00. The Morgan fingerprint density at radius 2 is 2.10 bits per heavy atom. The summed E-state index contributed by atoms with van der Waals surface area (Å²) in [5, 5.41) is 3.59. The lowest BCUT2D eigenvalue weighted by molar-refractivity contribution is -0.0697. The molecule has 0 aromatic heterocycles. The highest BCUT2D eigenvalue weighted by Gasteiger charge is 2.51. The van der Waals surface area contributed by atoms with E-state index in [2.05, 4.69) is 64.2 Å². The van der Waals surface area contributed by atoms with Crippen LogP contribution in [0.15, 0.2) is 24.3 Å². The summed E-state index contributed by atoms with van der Waals surface area (Å²) >= 11 is 0. The minimum absolute atomic E-state index is 0.254. The quantitative estimate of drug-likeness (QED) is 0.833. The molecule has 0 amide bonds. The van der Waals surface area contributed by atoms with Gasteiger partial charge in [-0.1, -0.05) is 46.8 Å². The van der Waals surface area contributed by atoms with Crippen LogP contribution in [0.1, 0.15) is 58.9 Å². The largest absolute Gasteiger partial charge is 0.490 e. The monoisotopic (exact) mass is 275 g/mol. The Kier molecular flexibility index (Phi) is 4.74. The molecule has 0 radical (unpaired) electrons. The zero-order chi connectivity index (χ0) is 14.8. The van der Waals surface area contributed by atoms with E-state index < -0.39 is 0 Å². The molecular formula is C18H29NO. The SMILES string of the molecule is CCNC1CC(Oc2cccc(C(C)C)c2)C1(C)CC. The first-order valence-electron chi connectivity index (χ1n) is 8.01. The van der Waals surface area contributed by atoms with Gasteiger partial charge in [0.2, 0.25) is 0 Å². The summed E-state index contributed by atoms with van der Waals surface area (Å²) in [6, 6.07) is 9.16. The van der Waals surface area contributed by atoms with Gasteiger partial charge in [-0.15, -0.1) is 0 Å². The van der Waals surface area contributed by atoms with Gasteiger partial charge in [0.25, 0.3) is 0 Å². The van der Waals surface area contributed by atoms with E-state index in [1.165, 1.54) is 5.56 Å². The Morgan fingerprint density at radius 3 is 2.70 bits per heavy atom. The molecule has 0 bridgehead atoms. The summed E-state index contributed by atoms with van der Waals surface area (Å²) in [7, 11) is 0. The second kappa shape index (κ2) is 6.17. The van der Waals surface area contributed by atoms with Crippen LogP contribution in [-0.2, 0) is 0 Å². The lowest BCUT2D eigenvalue weighted by atomic mass is 9.61. The third-order valence-electron chi connectivity index (χ3n) is 5.00. The van der Waals surface area contributed by atoms with Crippen molar-refractivity contribution >= 4 is 0 Å². The average molecular weight is 275 g/mol. The van der Waals surface area contributed by atoms with Gasteiger partial charge in [0.05, 0.1) is 0 Å². The van der Waals surface area contributed by atoms with E-state index in [4.69, 9.17) is 4.74 Å². The van der Waals surface area contributed by atoms with Gasteiger partial charge in [0.15, 0.2) is 0 Å². The maximum atomic E-state index is 6.28. The Balaban J connectivity index is 2.05. The number of hydrogen-bond donors (Lipinski definition) is 1. The van der Waals surface area contributed by atoms with Gasteiger partial charge in [-0.2, -0.15) is 0 Å². The number of benzene rings is 1. The Bertz CT molecular complexity index is 443. The molecule has 0 heterocycles. The van der Waals surface area contributed by atoms with Crippen molar-refractivity contribution in [3.8, 4) is 5.75 Å². The zero-order valence-electron chi connectivity index (χ0n) is 13.6. The van der Waals surface area contributed by atoms with Crippen LogP contribution in [-0.4, -0.2) is 18.7 Å². The van der Waals surface area contributed by atoms with Crippen molar-refractivity contribution in [2.75, 3.05) is 6.54 Å². The minimum atomic E-state index is 0.254. The highest BCUT2D eigenvalue weighted by molar-refractivity contribution is 5.31. The molecule has 2 rings (SSSR count). The Morgan fingerprint density at radius 1 is 1.35 bits per heavy atom. The van der Waals surface area contributed by atoms with Crippen molar-refractivity contribution in [3.63, 3.8) is 0 Å². The highest BCUT2D eigenvalue weighted by Crippen LogP contribution is 2.46. The van der Waals surface area contributed by atoms with Gasteiger partial charge in [-0.25, -0.2) is 0 Å². The lowest BCUT2D eigenvalue weighted by Gasteiger charge is -2.53. The van der Waals surface area contributed by atoms with Crippen molar-refractivity contribution in [3.05, 3.63) is 29.8 Å². The van der Waals surface area contributed by atoms with E-state index in [1.807, 2.05) is 0 Å². The van der Waals surface area contributed by atoms with Crippen LogP contribution in [0.4, 0.5) is 0 Å². The highest BCUT2D eigenvalue weighted by atomic mass is 16.5. The van der Waals surface area contributed by atoms with Crippen LogP contribution in [0.5, 0.6) is 5.75 Å². The Labute approximate surface area is 123 Å². The number of nitrogens with one attached hydrogen (secondary N) is 1. The molecule has 1 aromatic carbocycles. The maximum Gasteiger partial charge on any atom is 0.120 e. The molecule has 3 atom stereocenters. The van der Waals surface area contributed by atoms with E-state index in [1.54, 1.807) is 0 Å². The van der Waals surface area contributed by atoms with Crippen molar-refractivity contribution in [1.29, 1.82) is 0 Å². The summed E-state index contributed by atoms with van der Waals surface area (Å²) in [5.74, 6) is 1.57. The molecule has 3 unspecified atom stereocenters. The summed E-state index contributed by atoms with van der Waals surface area (Å²) in [5.41, 5.74) is 1.60. The van der Waals surface area contributed by atoms with Crippen LogP contribution >= 0.6 is 0 Å². The molecule has 2 nitrogen and oxygen atoms in total. The van der Waals surface area contributed by atoms with Crippen molar-refractivity contribution in [2.45, 2.75) is 65.5 Å². The van der Waals surface area contributed by atoms with Gasteiger partial charge in [-0.3, -0.25) is 0 Å².